The van der Waals surface area contributed by atoms with Crippen LogP contribution in [0.4, 0.5) is 5.82 Å². The van der Waals surface area contributed by atoms with Gasteiger partial charge in [0.05, 0.1) is 18.5 Å². The molecule has 182 valence electrons. The van der Waals surface area contributed by atoms with E-state index in [0.29, 0.717) is 17.9 Å². The van der Waals surface area contributed by atoms with Gasteiger partial charge in [-0.05, 0) is 24.6 Å². The number of nitrogens with one attached hydrogen (secondary N) is 2. The van der Waals surface area contributed by atoms with Gasteiger partial charge in [0.15, 0.2) is 11.5 Å². The molecule has 9 nitrogen and oxygen atoms in total. The number of carbonyl (C=O) groups excluding carboxylic acids is 1. The maximum absolute atomic E-state index is 12.9. The Kier molecular flexibility index (Phi) is 6.36. The van der Waals surface area contributed by atoms with Crippen LogP contribution >= 0.6 is 0 Å². The van der Waals surface area contributed by atoms with Crippen LogP contribution in [0.1, 0.15) is 28.7 Å². The summed E-state index contributed by atoms with van der Waals surface area (Å²) < 4.78 is 7.41. The zero-order valence-electron chi connectivity index (χ0n) is 19.6. The molecule has 0 amide bonds. The third kappa shape index (κ3) is 4.50. The van der Waals surface area contributed by atoms with Gasteiger partial charge in [-0.25, -0.2) is 19.6 Å². The number of benzene rings is 2. The lowest BCUT2D eigenvalue weighted by Gasteiger charge is -2.19. The first-order valence-electron chi connectivity index (χ1n) is 11.6. The maximum atomic E-state index is 12.9. The molecule has 0 unspecified atom stereocenters. The maximum Gasteiger partial charge on any atom is 0.354 e. The highest BCUT2D eigenvalue weighted by Crippen LogP contribution is 2.34. The van der Waals surface area contributed by atoms with Crippen molar-refractivity contribution in [1.82, 2.24) is 19.5 Å². The summed E-state index contributed by atoms with van der Waals surface area (Å²) in [6.07, 6.45) is 3.44. The van der Waals surface area contributed by atoms with Gasteiger partial charge in [-0.15, -0.1) is 0 Å². The second-order valence-corrected chi connectivity index (χ2v) is 8.38. The number of nitrogens with zero attached hydrogens (tertiary/aromatic N) is 3. The van der Waals surface area contributed by atoms with Crippen molar-refractivity contribution in [2.24, 2.45) is 0 Å². The fraction of sp³-hybridized carbons (Fsp3) is 0.185. The van der Waals surface area contributed by atoms with Crippen LogP contribution in [-0.2, 0) is 22.5 Å². The zero-order valence-corrected chi connectivity index (χ0v) is 19.6. The van der Waals surface area contributed by atoms with Crippen LogP contribution < -0.4 is 5.32 Å². The standard InChI is InChI=1S/C27H25N5O4/c1-2-36-27(35)22(12-18-14-28-16-29-18)31-25-24-20(13-21(30-25)26(33)34)19-10-6-7-11-23(19)32(24)15-17-8-4-3-5-9-17/h3-11,13-14,16,22H,2,12,15H2,1H3,(H,28,29)(H,30,31)(H,33,34)/t22-/m0/s1. The largest absolute Gasteiger partial charge is 0.477 e. The first-order valence-corrected chi connectivity index (χ1v) is 11.6. The molecule has 0 aliphatic heterocycles. The highest BCUT2D eigenvalue weighted by Gasteiger charge is 2.26. The van der Waals surface area contributed by atoms with Gasteiger partial charge in [0.2, 0.25) is 0 Å². The van der Waals surface area contributed by atoms with E-state index < -0.39 is 18.0 Å². The molecule has 0 fully saturated rings. The molecule has 0 saturated carbocycles. The summed E-state index contributed by atoms with van der Waals surface area (Å²) in [6.45, 7) is 2.49. The van der Waals surface area contributed by atoms with Crippen LogP contribution in [0.3, 0.4) is 0 Å². The van der Waals surface area contributed by atoms with Crippen molar-refractivity contribution >= 4 is 39.6 Å². The summed E-state index contributed by atoms with van der Waals surface area (Å²) in [4.78, 5) is 36.4. The van der Waals surface area contributed by atoms with Crippen molar-refractivity contribution in [3.63, 3.8) is 0 Å². The number of carboxylic acids is 1. The molecule has 1 atom stereocenters. The van der Waals surface area contributed by atoms with Gasteiger partial charge in [-0.3, -0.25) is 0 Å². The molecule has 9 heteroatoms. The number of aromatic carboxylic acids is 1. The molecule has 36 heavy (non-hydrogen) atoms. The average Bonchev–Trinajstić information content (AvgIpc) is 3.51. The number of imidazole rings is 1. The number of carboxylic acid groups (broad SMARTS) is 1. The molecule has 0 bridgehead atoms. The second-order valence-electron chi connectivity index (χ2n) is 8.38. The number of fused-ring (bicyclic) bond motifs is 3. The SMILES string of the molecule is CCOC(=O)[C@H](Cc1cnc[nH]1)Nc1nc(C(=O)O)cc2c3ccccc3n(Cc3ccccc3)c12. The minimum absolute atomic E-state index is 0.114. The Labute approximate surface area is 206 Å². The van der Waals surface area contributed by atoms with Gasteiger partial charge in [0.1, 0.15) is 6.04 Å². The number of hydrogen-bond donors (Lipinski definition) is 3. The number of para-hydroxylation sites is 1. The molecular weight excluding hydrogens is 458 g/mol. The molecule has 5 aromatic rings. The van der Waals surface area contributed by atoms with Gasteiger partial charge in [0.25, 0.3) is 0 Å². The number of aromatic nitrogens is 4. The van der Waals surface area contributed by atoms with Gasteiger partial charge < -0.3 is 24.7 Å². The van der Waals surface area contributed by atoms with E-state index in [1.54, 1.807) is 19.2 Å². The lowest BCUT2D eigenvalue weighted by molar-refractivity contribution is -0.144. The van der Waals surface area contributed by atoms with Gasteiger partial charge in [-0.1, -0.05) is 48.5 Å². The fourth-order valence-corrected chi connectivity index (χ4v) is 4.43. The number of esters is 1. The van der Waals surface area contributed by atoms with Crippen molar-refractivity contribution in [1.29, 1.82) is 0 Å². The number of rotatable bonds is 9. The van der Waals surface area contributed by atoms with Crippen molar-refractivity contribution in [3.8, 4) is 0 Å². The van der Waals surface area contributed by atoms with Crippen molar-refractivity contribution < 1.29 is 19.4 Å². The first-order chi connectivity index (χ1) is 17.5. The van der Waals surface area contributed by atoms with Crippen molar-refractivity contribution in [2.45, 2.75) is 25.9 Å². The number of carbonyl (C=O) groups is 2. The van der Waals surface area contributed by atoms with Crippen LogP contribution in [0, 0.1) is 0 Å². The summed E-state index contributed by atoms with van der Waals surface area (Å²) in [5.74, 6) is -1.32. The first kappa shape index (κ1) is 23.1. The highest BCUT2D eigenvalue weighted by atomic mass is 16.5. The van der Waals surface area contributed by atoms with E-state index in [0.717, 1.165) is 27.5 Å². The topological polar surface area (TPSA) is 122 Å². The second kappa shape index (κ2) is 9.91. The third-order valence-electron chi connectivity index (χ3n) is 6.01. The number of hydrogen-bond acceptors (Lipinski definition) is 6. The van der Waals surface area contributed by atoms with E-state index >= 15 is 0 Å². The zero-order chi connectivity index (χ0) is 25.1. The van der Waals surface area contributed by atoms with Crippen LogP contribution in [-0.4, -0.2) is 49.2 Å². The molecule has 0 saturated heterocycles. The molecular formula is C27H25N5O4. The average molecular weight is 484 g/mol. The number of pyridine rings is 1. The Hall–Kier alpha value is -4.66. The molecule has 3 N–H and O–H groups in total. The summed E-state index contributed by atoms with van der Waals surface area (Å²) in [6, 6.07) is 18.6. The molecule has 5 rings (SSSR count). The van der Waals surface area contributed by atoms with E-state index in [2.05, 4.69) is 24.8 Å². The van der Waals surface area contributed by atoms with E-state index in [1.165, 1.54) is 6.33 Å². The predicted molar refractivity (Wildman–Crippen MR) is 136 cm³/mol. The summed E-state index contributed by atoms with van der Waals surface area (Å²) in [7, 11) is 0. The number of aromatic amines is 1. The van der Waals surface area contributed by atoms with Crippen LogP contribution in [0.15, 0.2) is 73.2 Å². The third-order valence-corrected chi connectivity index (χ3v) is 6.01. The van der Waals surface area contributed by atoms with Crippen molar-refractivity contribution in [3.05, 3.63) is 90.1 Å². The molecule has 0 aliphatic carbocycles. The summed E-state index contributed by atoms with van der Waals surface area (Å²) >= 11 is 0. The Balaban J connectivity index is 1.70. The molecule has 3 aromatic heterocycles. The molecule has 0 radical (unpaired) electrons. The summed E-state index contributed by atoms with van der Waals surface area (Å²) in [5, 5.41) is 14.7. The molecule has 0 aliphatic rings. The Bertz CT molecular complexity index is 1530. The number of ether oxygens (including phenoxy) is 1. The van der Waals surface area contributed by atoms with E-state index in [4.69, 9.17) is 4.74 Å². The normalized spacial score (nSPS) is 12.0. The summed E-state index contributed by atoms with van der Waals surface area (Å²) in [5.41, 5.74) is 3.34. The quantitative estimate of drug-likeness (QED) is 0.268. The number of anilines is 1. The molecule has 2 aromatic carbocycles. The van der Waals surface area contributed by atoms with Gasteiger partial charge >= 0.3 is 11.9 Å². The van der Waals surface area contributed by atoms with Gasteiger partial charge in [0, 0.05) is 41.1 Å². The highest BCUT2D eigenvalue weighted by molar-refractivity contribution is 6.13. The van der Waals surface area contributed by atoms with E-state index in [9.17, 15) is 14.7 Å². The van der Waals surface area contributed by atoms with Crippen molar-refractivity contribution in [2.75, 3.05) is 11.9 Å². The number of H-pyrrole nitrogens is 1. The Morgan fingerprint density at radius 1 is 1.11 bits per heavy atom. The fourth-order valence-electron chi connectivity index (χ4n) is 4.43. The Morgan fingerprint density at radius 2 is 1.89 bits per heavy atom. The Morgan fingerprint density at radius 3 is 2.61 bits per heavy atom. The lowest BCUT2D eigenvalue weighted by Crippen LogP contribution is -2.34. The minimum Gasteiger partial charge on any atom is -0.477 e. The smallest absolute Gasteiger partial charge is 0.354 e. The minimum atomic E-state index is -1.15. The van der Waals surface area contributed by atoms with Crippen LogP contribution in [0.5, 0.6) is 0 Å². The predicted octanol–water partition coefficient (Wildman–Crippen LogP) is 4.25. The lowest BCUT2D eigenvalue weighted by atomic mass is 10.1. The molecule has 3 heterocycles. The van der Waals surface area contributed by atoms with Crippen LogP contribution in [0.2, 0.25) is 0 Å². The molecule has 0 spiro atoms. The van der Waals surface area contributed by atoms with Crippen LogP contribution in [0.25, 0.3) is 21.8 Å². The van der Waals surface area contributed by atoms with E-state index in [1.807, 2.05) is 54.6 Å². The van der Waals surface area contributed by atoms with Gasteiger partial charge in [-0.2, -0.15) is 0 Å². The monoisotopic (exact) mass is 483 g/mol. The van der Waals surface area contributed by atoms with E-state index in [-0.39, 0.29) is 18.7 Å².